The van der Waals surface area contributed by atoms with Crippen molar-refractivity contribution in [2.75, 3.05) is 6.54 Å². The zero-order valence-corrected chi connectivity index (χ0v) is 12.5. The highest BCUT2D eigenvalue weighted by Gasteiger charge is 2.37. The van der Waals surface area contributed by atoms with Gasteiger partial charge in [-0.3, -0.25) is 4.79 Å². The van der Waals surface area contributed by atoms with Crippen molar-refractivity contribution < 1.29 is 15.0 Å². The largest absolute Gasteiger partial charge is 0.365 e. The molecule has 0 spiro atoms. The minimum atomic E-state index is -1.89. The van der Waals surface area contributed by atoms with Crippen molar-refractivity contribution in [2.45, 2.75) is 77.4 Å². The second kappa shape index (κ2) is 10.4. The van der Waals surface area contributed by atoms with Gasteiger partial charge < -0.3 is 15.9 Å². The molecule has 4 nitrogen and oxygen atoms in total. The van der Waals surface area contributed by atoms with Gasteiger partial charge in [-0.05, 0) is 12.8 Å². The van der Waals surface area contributed by atoms with Gasteiger partial charge in [-0.1, -0.05) is 52.4 Å². The van der Waals surface area contributed by atoms with E-state index < -0.39 is 11.7 Å². The average molecular weight is 273 g/mol. The fourth-order valence-corrected chi connectivity index (χ4v) is 2.42. The molecular formula is C15H31NO3. The monoisotopic (exact) mass is 273 g/mol. The maximum absolute atomic E-state index is 11.7. The van der Waals surface area contributed by atoms with Crippen molar-refractivity contribution in [3.63, 3.8) is 0 Å². The summed E-state index contributed by atoms with van der Waals surface area (Å²) >= 11 is 0. The molecule has 0 rings (SSSR count). The highest BCUT2D eigenvalue weighted by molar-refractivity contribution is 5.83. The summed E-state index contributed by atoms with van der Waals surface area (Å²) in [5.74, 6) is -2.88. The topological polar surface area (TPSA) is 83.5 Å². The van der Waals surface area contributed by atoms with Crippen LogP contribution in [0.2, 0.25) is 0 Å². The first-order valence-corrected chi connectivity index (χ1v) is 7.67. The van der Waals surface area contributed by atoms with Gasteiger partial charge in [-0.2, -0.15) is 0 Å². The molecule has 1 unspecified atom stereocenters. The van der Waals surface area contributed by atoms with Crippen molar-refractivity contribution in [2.24, 2.45) is 11.7 Å². The number of hydrogen-bond donors (Lipinski definition) is 3. The highest BCUT2D eigenvalue weighted by Crippen LogP contribution is 2.26. The van der Waals surface area contributed by atoms with Crippen molar-refractivity contribution in [3.8, 4) is 0 Å². The van der Waals surface area contributed by atoms with E-state index in [2.05, 4.69) is 6.92 Å². The molecule has 0 bridgehead atoms. The number of unbranched alkanes of at least 4 members (excludes halogenated alkanes) is 5. The fraction of sp³-hybridized carbons (Fsp3) is 0.933. The van der Waals surface area contributed by atoms with Crippen LogP contribution in [0.1, 0.15) is 71.6 Å². The maximum Gasteiger partial charge on any atom is 0.172 e. The van der Waals surface area contributed by atoms with E-state index in [9.17, 15) is 15.0 Å². The lowest BCUT2D eigenvalue weighted by Crippen LogP contribution is -2.44. The van der Waals surface area contributed by atoms with Gasteiger partial charge in [0.2, 0.25) is 0 Å². The number of hydrogen-bond acceptors (Lipinski definition) is 4. The smallest absolute Gasteiger partial charge is 0.172 e. The first-order valence-electron chi connectivity index (χ1n) is 7.67. The van der Waals surface area contributed by atoms with Gasteiger partial charge in [0.1, 0.15) is 0 Å². The molecule has 0 saturated heterocycles. The average Bonchev–Trinajstić information content (AvgIpc) is 2.39. The van der Waals surface area contributed by atoms with E-state index in [1.807, 2.05) is 6.92 Å². The first kappa shape index (κ1) is 18.6. The Labute approximate surface area is 117 Å². The molecule has 0 aromatic heterocycles. The Morgan fingerprint density at radius 1 is 1.05 bits per heavy atom. The van der Waals surface area contributed by atoms with Crippen LogP contribution in [-0.2, 0) is 4.79 Å². The lowest BCUT2D eigenvalue weighted by Gasteiger charge is -2.30. The molecule has 0 amide bonds. The molecule has 1 atom stereocenters. The highest BCUT2D eigenvalue weighted by atomic mass is 16.5. The Morgan fingerprint density at radius 2 is 1.63 bits per heavy atom. The Balaban J connectivity index is 4.13. The Hall–Kier alpha value is -0.450. The van der Waals surface area contributed by atoms with E-state index in [0.29, 0.717) is 6.42 Å². The normalized spacial score (nSPS) is 13.5. The van der Waals surface area contributed by atoms with Gasteiger partial charge in [0.25, 0.3) is 0 Å². The second-order valence-corrected chi connectivity index (χ2v) is 5.41. The number of Topliss-reactive ketones (excluding diaryl/α,β-unsaturated/α-hetero) is 1. The molecule has 114 valence electrons. The van der Waals surface area contributed by atoms with Crippen molar-refractivity contribution in [3.05, 3.63) is 0 Å². The van der Waals surface area contributed by atoms with Gasteiger partial charge in [-0.25, -0.2) is 0 Å². The van der Waals surface area contributed by atoms with Crippen LogP contribution in [0.25, 0.3) is 0 Å². The minimum Gasteiger partial charge on any atom is -0.365 e. The molecule has 4 N–H and O–H groups in total. The summed E-state index contributed by atoms with van der Waals surface area (Å²) in [4.78, 5) is 11.7. The van der Waals surface area contributed by atoms with Crippen LogP contribution < -0.4 is 5.73 Å². The summed E-state index contributed by atoms with van der Waals surface area (Å²) in [6.45, 7) is 3.97. The predicted octanol–water partition coefficient (Wildman–Crippen LogP) is 2.36. The molecule has 0 aliphatic heterocycles. The molecule has 0 heterocycles. The van der Waals surface area contributed by atoms with E-state index in [4.69, 9.17) is 5.73 Å². The number of nitrogens with two attached hydrogens (primary N) is 1. The van der Waals surface area contributed by atoms with Crippen LogP contribution in [-0.4, -0.2) is 28.3 Å². The molecule has 0 aliphatic rings. The van der Waals surface area contributed by atoms with Gasteiger partial charge in [0.05, 0.1) is 12.5 Å². The zero-order valence-electron chi connectivity index (χ0n) is 12.5. The summed E-state index contributed by atoms with van der Waals surface area (Å²) in [7, 11) is 0. The predicted molar refractivity (Wildman–Crippen MR) is 77.6 cm³/mol. The van der Waals surface area contributed by atoms with Gasteiger partial charge in [0, 0.05) is 6.42 Å². The second-order valence-electron chi connectivity index (χ2n) is 5.41. The molecule has 0 aliphatic carbocycles. The Morgan fingerprint density at radius 3 is 2.16 bits per heavy atom. The zero-order chi connectivity index (χ0) is 14.7. The van der Waals surface area contributed by atoms with Crippen LogP contribution in [0.5, 0.6) is 0 Å². The summed E-state index contributed by atoms with van der Waals surface area (Å²) in [5.41, 5.74) is 5.34. The van der Waals surface area contributed by atoms with Crippen LogP contribution >= 0.6 is 0 Å². The van der Waals surface area contributed by atoms with Crippen molar-refractivity contribution in [1.29, 1.82) is 0 Å². The molecule has 0 aromatic rings. The summed E-state index contributed by atoms with van der Waals surface area (Å²) in [5, 5.41) is 20.2. The molecule has 19 heavy (non-hydrogen) atoms. The molecule has 0 fully saturated rings. The lowest BCUT2D eigenvalue weighted by atomic mass is 9.86. The number of carbonyl (C=O) groups excluding carboxylic acids is 1. The third-order valence-electron chi connectivity index (χ3n) is 3.62. The third kappa shape index (κ3) is 7.65. The molecule has 0 saturated carbocycles. The summed E-state index contributed by atoms with van der Waals surface area (Å²) < 4.78 is 0. The van der Waals surface area contributed by atoms with Gasteiger partial charge in [-0.15, -0.1) is 0 Å². The number of carbonyl (C=O) groups is 1. The van der Waals surface area contributed by atoms with E-state index in [0.717, 1.165) is 25.7 Å². The van der Waals surface area contributed by atoms with Crippen LogP contribution in [0.4, 0.5) is 0 Å². The van der Waals surface area contributed by atoms with Crippen molar-refractivity contribution >= 4 is 5.78 Å². The number of aliphatic hydroxyl groups is 2. The van der Waals surface area contributed by atoms with E-state index >= 15 is 0 Å². The van der Waals surface area contributed by atoms with Crippen LogP contribution in [0.3, 0.4) is 0 Å². The summed E-state index contributed by atoms with van der Waals surface area (Å²) in [6, 6.07) is 0. The first-order chi connectivity index (χ1) is 8.99. The fourth-order valence-electron chi connectivity index (χ4n) is 2.42. The Kier molecular flexibility index (Phi) is 10.1. The molecule has 0 aromatic carbocycles. The van der Waals surface area contributed by atoms with Gasteiger partial charge in [0.15, 0.2) is 11.6 Å². The minimum absolute atomic E-state index is 0.121. The number of ketones is 1. The SMILES string of the molecule is CCCCCCCCC(O)(O)C(CCC)C(=O)CN. The van der Waals surface area contributed by atoms with Gasteiger partial charge >= 0.3 is 0 Å². The van der Waals surface area contributed by atoms with E-state index in [-0.39, 0.29) is 18.7 Å². The Bertz CT molecular complexity index is 242. The quantitative estimate of drug-likeness (QED) is 0.376. The van der Waals surface area contributed by atoms with Crippen LogP contribution in [0.15, 0.2) is 0 Å². The van der Waals surface area contributed by atoms with E-state index in [1.54, 1.807) is 0 Å². The standard InChI is InChI=1S/C15H31NO3/c1-3-5-6-7-8-9-11-15(18,19)13(10-4-2)14(17)12-16/h13,18-19H,3-12,16H2,1-2H3. The molecule has 0 radical (unpaired) electrons. The van der Waals surface area contributed by atoms with Crippen LogP contribution in [0, 0.1) is 5.92 Å². The number of rotatable bonds is 12. The molecular weight excluding hydrogens is 242 g/mol. The summed E-state index contributed by atoms with van der Waals surface area (Å²) in [6.07, 6.45) is 7.96. The van der Waals surface area contributed by atoms with Crippen molar-refractivity contribution in [1.82, 2.24) is 0 Å². The maximum atomic E-state index is 11.7. The lowest BCUT2D eigenvalue weighted by molar-refractivity contribution is -0.206. The van der Waals surface area contributed by atoms with E-state index in [1.165, 1.54) is 19.3 Å². The molecule has 4 heteroatoms. The third-order valence-corrected chi connectivity index (χ3v) is 3.62.